The molecule has 0 unspecified atom stereocenters. The number of nitrogens with zero attached hydrogens (tertiary/aromatic N) is 1. The lowest BCUT2D eigenvalue weighted by atomic mass is 10.1. The lowest BCUT2D eigenvalue weighted by molar-refractivity contribution is 0.284. The summed E-state index contributed by atoms with van der Waals surface area (Å²) in [5, 5.41) is 6.04. The van der Waals surface area contributed by atoms with Gasteiger partial charge in [0.1, 0.15) is 5.75 Å². The Balaban J connectivity index is 1.23. The Labute approximate surface area is 181 Å². The average Bonchev–Trinajstić information content (AvgIpc) is 3.05. The van der Waals surface area contributed by atoms with Gasteiger partial charge in [0, 0.05) is 19.6 Å². The molecule has 3 heteroatoms. The van der Waals surface area contributed by atoms with E-state index in [1.54, 1.807) is 0 Å². The third kappa shape index (κ3) is 6.32. The summed E-state index contributed by atoms with van der Waals surface area (Å²) in [6, 6.07) is 24.1. The number of unbranched alkanes of at least 4 members (excludes halogenated alkanes) is 2. The number of aryl methyl sites for hydroxylation is 1. The minimum absolute atomic E-state index is 0.793. The highest BCUT2D eigenvalue weighted by Gasteiger charge is 2.09. The number of hydrogen-bond acceptors (Lipinski definition) is 3. The van der Waals surface area contributed by atoms with E-state index in [9.17, 15) is 0 Å². The molecule has 0 amide bonds. The number of nitrogens with one attached hydrogen (secondary N) is 1. The van der Waals surface area contributed by atoms with E-state index >= 15 is 0 Å². The predicted octanol–water partition coefficient (Wildman–Crippen LogP) is 5.43. The minimum atomic E-state index is 0.793. The Hall–Kier alpha value is -2.36. The fourth-order valence-corrected chi connectivity index (χ4v) is 4.22. The molecule has 1 aliphatic heterocycles. The Morgan fingerprint density at radius 1 is 0.767 bits per heavy atom. The summed E-state index contributed by atoms with van der Waals surface area (Å²) in [4.78, 5) is 2.55. The Morgan fingerprint density at radius 2 is 1.63 bits per heavy atom. The molecule has 0 aliphatic carbocycles. The first-order chi connectivity index (χ1) is 14.9. The highest BCUT2D eigenvalue weighted by molar-refractivity contribution is 5.84. The topological polar surface area (TPSA) is 24.5 Å². The molecule has 0 spiro atoms. The number of benzene rings is 3. The lowest BCUT2D eigenvalue weighted by Crippen LogP contribution is -2.27. The first-order valence-electron chi connectivity index (χ1n) is 11.5. The zero-order chi connectivity index (χ0) is 20.4. The van der Waals surface area contributed by atoms with Gasteiger partial charge < -0.3 is 10.1 Å². The van der Waals surface area contributed by atoms with Crippen molar-refractivity contribution in [2.24, 2.45) is 0 Å². The van der Waals surface area contributed by atoms with Gasteiger partial charge in [-0.3, -0.25) is 4.90 Å². The largest absolute Gasteiger partial charge is 0.494 e. The van der Waals surface area contributed by atoms with Crippen LogP contribution in [0.5, 0.6) is 5.75 Å². The van der Waals surface area contributed by atoms with E-state index in [-0.39, 0.29) is 0 Å². The third-order valence-electron chi connectivity index (χ3n) is 5.94. The molecule has 0 saturated carbocycles. The van der Waals surface area contributed by atoms with Crippen LogP contribution in [0.3, 0.4) is 0 Å². The van der Waals surface area contributed by atoms with Gasteiger partial charge in [-0.2, -0.15) is 0 Å². The van der Waals surface area contributed by atoms with E-state index in [0.29, 0.717) is 0 Å². The monoisotopic (exact) mass is 402 g/mol. The number of rotatable bonds is 9. The zero-order valence-corrected chi connectivity index (χ0v) is 18.0. The summed E-state index contributed by atoms with van der Waals surface area (Å²) in [5.41, 5.74) is 2.83. The van der Waals surface area contributed by atoms with Gasteiger partial charge >= 0.3 is 0 Å². The molecule has 0 bridgehead atoms. The maximum atomic E-state index is 6.02. The van der Waals surface area contributed by atoms with Crippen LogP contribution in [0.2, 0.25) is 0 Å². The summed E-state index contributed by atoms with van der Waals surface area (Å²) in [6.45, 7) is 6.39. The van der Waals surface area contributed by atoms with E-state index < -0.39 is 0 Å². The fourth-order valence-electron chi connectivity index (χ4n) is 4.22. The summed E-state index contributed by atoms with van der Waals surface area (Å²) in [7, 11) is 0. The van der Waals surface area contributed by atoms with Crippen LogP contribution in [0.15, 0.2) is 66.7 Å². The van der Waals surface area contributed by atoms with Crippen LogP contribution in [-0.4, -0.2) is 37.7 Å². The van der Waals surface area contributed by atoms with Gasteiger partial charge in [0.25, 0.3) is 0 Å². The number of fused-ring (bicyclic) bond motifs is 1. The van der Waals surface area contributed by atoms with Crippen LogP contribution in [-0.2, 0) is 13.0 Å². The summed E-state index contributed by atoms with van der Waals surface area (Å²) in [5.74, 6) is 0.983. The van der Waals surface area contributed by atoms with Crippen LogP contribution in [0.1, 0.15) is 36.8 Å². The van der Waals surface area contributed by atoms with E-state index in [1.807, 2.05) is 0 Å². The van der Waals surface area contributed by atoms with Crippen LogP contribution >= 0.6 is 0 Å². The van der Waals surface area contributed by atoms with Crippen LogP contribution in [0.4, 0.5) is 0 Å². The van der Waals surface area contributed by atoms with Crippen molar-refractivity contribution in [1.29, 1.82) is 0 Å². The highest BCUT2D eigenvalue weighted by atomic mass is 16.5. The lowest BCUT2D eigenvalue weighted by Gasteiger charge is -2.19. The standard InChI is InChI=1S/C27H34N2O/c1-3-8-23(9-4-1)10-5-2-6-19-30-27-14-13-25-20-24(11-12-26(25)21-27)22-29-17-7-15-28-16-18-29/h1,3-4,8-9,11-14,20-21,28H,2,5-7,10,15-19,22H2. The molecule has 0 aromatic heterocycles. The second-order valence-electron chi connectivity index (χ2n) is 8.37. The van der Waals surface area contributed by atoms with Crippen molar-refractivity contribution in [3.05, 3.63) is 77.9 Å². The first kappa shape index (κ1) is 20.9. The minimum Gasteiger partial charge on any atom is -0.494 e. The molecule has 1 heterocycles. The summed E-state index contributed by atoms with van der Waals surface area (Å²) in [6.07, 6.45) is 5.93. The normalized spacial score (nSPS) is 15.2. The Morgan fingerprint density at radius 3 is 2.57 bits per heavy atom. The quantitative estimate of drug-likeness (QED) is 0.483. The van der Waals surface area contributed by atoms with Crippen molar-refractivity contribution < 1.29 is 4.74 Å². The Bertz CT molecular complexity index is 901. The van der Waals surface area contributed by atoms with E-state index in [2.05, 4.69) is 76.9 Å². The van der Waals surface area contributed by atoms with Gasteiger partial charge in [-0.1, -0.05) is 48.5 Å². The number of hydrogen-bond donors (Lipinski definition) is 1. The van der Waals surface area contributed by atoms with Crippen molar-refractivity contribution in [3.8, 4) is 5.75 Å². The van der Waals surface area contributed by atoms with Gasteiger partial charge in [0.15, 0.2) is 0 Å². The van der Waals surface area contributed by atoms with Crippen LogP contribution < -0.4 is 10.1 Å². The molecule has 1 N–H and O–H groups in total. The second kappa shape index (κ2) is 11.1. The molecule has 1 aliphatic rings. The van der Waals surface area contributed by atoms with Crippen molar-refractivity contribution in [3.63, 3.8) is 0 Å². The van der Waals surface area contributed by atoms with E-state index in [1.165, 1.54) is 47.7 Å². The van der Waals surface area contributed by atoms with Crippen LogP contribution in [0, 0.1) is 0 Å². The van der Waals surface area contributed by atoms with Crippen molar-refractivity contribution >= 4 is 10.8 Å². The second-order valence-corrected chi connectivity index (χ2v) is 8.37. The summed E-state index contributed by atoms with van der Waals surface area (Å²) >= 11 is 0. The average molecular weight is 403 g/mol. The molecule has 30 heavy (non-hydrogen) atoms. The molecule has 158 valence electrons. The summed E-state index contributed by atoms with van der Waals surface area (Å²) < 4.78 is 6.02. The van der Waals surface area contributed by atoms with E-state index in [4.69, 9.17) is 4.74 Å². The van der Waals surface area contributed by atoms with Crippen molar-refractivity contribution in [2.75, 3.05) is 32.8 Å². The predicted molar refractivity (Wildman–Crippen MR) is 126 cm³/mol. The maximum absolute atomic E-state index is 6.02. The molecule has 3 aromatic carbocycles. The molecular weight excluding hydrogens is 368 g/mol. The van der Waals surface area contributed by atoms with Gasteiger partial charge in [0.2, 0.25) is 0 Å². The molecule has 4 rings (SSSR count). The van der Waals surface area contributed by atoms with E-state index in [0.717, 1.165) is 51.4 Å². The third-order valence-corrected chi connectivity index (χ3v) is 5.94. The number of ether oxygens (including phenoxy) is 1. The van der Waals surface area contributed by atoms with Gasteiger partial charge in [-0.25, -0.2) is 0 Å². The molecule has 1 saturated heterocycles. The van der Waals surface area contributed by atoms with Gasteiger partial charge in [0.05, 0.1) is 6.61 Å². The fraction of sp³-hybridized carbons (Fsp3) is 0.407. The molecule has 3 nitrogen and oxygen atoms in total. The zero-order valence-electron chi connectivity index (χ0n) is 18.0. The van der Waals surface area contributed by atoms with Gasteiger partial charge in [-0.05, 0) is 85.3 Å². The van der Waals surface area contributed by atoms with Gasteiger partial charge in [-0.15, -0.1) is 0 Å². The van der Waals surface area contributed by atoms with Crippen molar-refractivity contribution in [1.82, 2.24) is 10.2 Å². The van der Waals surface area contributed by atoms with Crippen LogP contribution in [0.25, 0.3) is 10.8 Å². The molecule has 0 radical (unpaired) electrons. The molecule has 3 aromatic rings. The first-order valence-corrected chi connectivity index (χ1v) is 11.5. The van der Waals surface area contributed by atoms with Crippen molar-refractivity contribution in [2.45, 2.75) is 38.6 Å². The Kier molecular flexibility index (Phi) is 7.76. The molecular formula is C27H34N2O. The highest BCUT2D eigenvalue weighted by Crippen LogP contribution is 2.23. The SMILES string of the molecule is c1ccc(CCCCCOc2ccc3cc(CN4CCCNCC4)ccc3c2)cc1. The molecule has 1 fully saturated rings. The smallest absolute Gasteiger partial charge is 0.119 e. The molecule has 0 atom stereocenters. The maximum Gasteiger partial charge on any atom is 0.119 e.